The van der Waals surface area contributed by atoms with Gasteiger partial charge in [-0.25, -0.2) is 0 Å². The molecule has 1 heterocycles. The SMILES string of the molecule is Cc1cc(C#N)c(N2CCOCC2)cc1N. The van der Waals surface area contributed by atoms with Gasteiger partial charge in [0.15, 0.2) is 0 Å². The van der Waals surface area contributed by atoms with Crippen LogP contribution in [0.25, 0.3) is 0 Å². The number of nitrogens with two attached hydrogens (primary N) is 1. The topological polar surface area (TPSA) is 62.3 Å². The van der Waals surface area contributed by atoms with E-state index in [4.69, 9.17) is 15.7 Å². The van der Waals surface area contributed by atoms with Crippen molar-refractivity contribution < 1.29 is 4.74 Å². The van der Waals surface area contributed by atoms with E-state index in [-0.39, 0.29) is 0 Å². The third-order valence-corrected chi connectivity index (χ3v) is 2.86. The number of morpholine rings is 1. The maximum atomic E-state index is 9.12. The van der Waals surface area contributed by atoms with Crippen molar-refractivity contribution in [2.24, 2.45) is 0 Å². The highest BCUT2D eigenvalue weighted by atomic mass is 16.5. The predicted molar refractivity (Wildman–Crippen MR) is 63.3 cm³/mol. The van der Waals surface area contributed by atoms with Crippen LogP contribution in [0.15, 0.2) is 12.1 Å². The van der Waals surface area contributed by atoms with Crippen LogP contribution in [0.5, 0.6) is 0 Å². The van der Waals surface area contributed by atoms with E-state index in [1.54, 1.807) is 0 Å². The summed E-state index contributed by atoms with van der Waals surface area (Å²) < 4.78 is 5.29. The van der Waals surface area contributed by atoms with Crippen LogP contribution >= 0.6 is 0 Å². The van der Waals surface area contributed by atoms with Gasteiger partial charge in [-0.05, 0) is 24.6 Å². The molecule has 0 aliphatic carbocycles. The summed E-state index contributed by atoms with van der Waals surface area (Å²) in [6.07, 6.45) is 0. The predicted octanol–water partition coefficient (Wildman–Crippen LogP) is 1.29. The lowest BCUT2D eigenvalue weighted by atomic mass is 10.1. The van der Waals surface area contributed by atoms with Crippen LogP contribution in [0.3, 0.4) is 0 Å². The maximum Gasteiger partial charge on any atom is 0.101 e. The molecule has 2 N–H and O–H groups in total. The first-order chi connectivity index (χ1) is 7.72. The molecule has 0 unspecified atom stereocenters. The lowest BCUT2D eigenvalue weighted by Gasteiger charge is -2.30. The van der Waals surface area contributed by atoms with E-state index >= 15 is 0 Å². The normalized spacial score (nSPS) is 15.9. The fraction of sp³-hybridized carbons (Fsp3) is 0.417. The number of nitrogens with zero attached hydrogens (tertiary/aromatic N) is 2. The van der Waals surface area contributed by atoms with Crippen molar-refractivity contribution in [1.82, 2.24) is 0 Å². The van der Waals surface area contributed by atoms with Crippen LogP contribution in [-0.2, 0) is 4.74 Å². The van der Waals surface area contributed by atoms with Crippen LogP contribution in [0.1, 0.15) is 11.1 Å². The van der Waals surface area contributed by atoms with E-state index in [1.165, 1.54) is 0 Å². The first kappa shape index (κ1) is 10.8. The van der Waals surface area contributed by atoms with Crippen LogP contribution in [0.2, 0.25) is 0 Å². The molecule has 4 nitrogen and oxygen atoms in total. The molecule has 0 spiro atoms. The first-order valence-electron chi connectivity index (χ1n) is 5.35. The highest BCUT2D eigenvalue weighted by Gasteiger charge is 2.15. The van der Waals surface area contributed by atoms with Gasteiger partial charge in [0.25, 0.3) is 0 Å². The largest absolute Gasteiger partial charge is 0.398 e. The van der Waals surface area contributed by atoms with Gasteiger partial charge in [-0.1, -0.05) is 0 Å². The third kappa shape index (κ3) is 1.95. The first-order valence-corrected chi connectivity index (χ1v) is 5.35. The van der Waals surface area contributed by atoms with Crippen molar-refractivity contribution in [2.75, 3.05) is 36.9 Å². The highest BCUT2D eigenvalue weighted by Crippen LogP contribution is 2.26. The number of aryl methyl sites for hydroxylation is 1. The number of nitriles is 1. The van der Waals surface area contributed by atoms with Crippen molar-refractivity contribution >= 4 is 11.4 Å². The van der Waals surface area contributed by atoms with Crippen LogP contribution in [-0.4, -0.2) is 26.3 Å². The van der Waals surface area contributed by atoms with E-state index in [1.807, 2.05) is 19.1 Å². The molecule has 4 heteroatoms. The molecular formula is C12H15N3O. The van der Waals surface area contributed by atoms with E-state index < -0.39 is 0 Å². The Morgan fingerprint density at radius 1 is 1.38 bits per heavy atom. The molecule has 0 aromatic heterocycles. The minimum absolute atomic E-state index is 0.689. The van der Waals surface area contributed by atoms with Gasteiger partial charge in [0.1, 0.15) is 6.07 Å². The van der Waals surface area contributed by atoms with Crippen LogP contribution < -0.4 is 10.6 Å². The monoisotopic (exact) mass is 217 g/mol. The van der Waals surface area contributed by atoms with Crippen LogP contribution in [0, 0.1) is 18.3 Å². The van der Waals surface area contributed by atoms with E-state index in [0.29, 0.717) is 18.8 Å². The number of nitrogen functional groups attached to an aromatic ring is 1. The molecule has 1 fully saturated rings. The Bertz CT molecular complexity index is 431. The Hall–Kier alpha value is -1.73. The van der Waals surface area contributed by atoms with Crippen molar-refractivity contribution in [3.8, 4) is 6.07 Å². The van der Waals surface area contributed by atoms with Gasteiger partial charge in [0, 0.05) is 18.8 Å². The third-order valence-electron chi connectivity index (χ3n) is 2.86. The molecule has 16 heavy (non-hydrogen) atoms. The number of ether oxygens (including phenoxy) is 1. The number of benzene rings is 1. The van der Waals surface area contributed by atoms with Gasteiger partial charge in [-0.2, -0.15) is 5.26 Å². The molecule has 1 aromatic carbocycles. The molecule has 0 bridgehead atoms. The summed E-state index contributed by atoms with van der Waals surface area (Å²) in [5.74, 6) is 0. The fourth-order valence-corrected chi connectivity index (χ4v) is 1.87. The zero-order valence-electron chi connectivity index (χ0n) is 9.36. The Kier molecular flexibility index (Phi) is 2.97. The molecule has 1 aromatic rings. The summed E-state index contributed by atoms with van der Waals surface area (Å²) in [7, 11) is 0. The number of anilines is 2. The maximum absolute atomic E-state index is 9.12. The summed E-state index contributed by atoms with van der Waals surface area (Å²) in [6, 6.07) is 5.96. The molecular weight excluding hydrogens is 202 g/mol. The Labute approximate surface area is 95.2 Å². The zero-order valence-corrected chi connectivity index (χ0v) is 9.36. The fourth-order valence-electron chi connectivity index (χ4n) is 1.87. The minimum Gasteiger partial charge on any atom is -0.398 e. The Morgan fingerprint density at radius 2 is 2.06 bits per heavy atom. The van der Waals surface area contributed by atoms with Gasteiger partial charge in [-0.15, -0.1) is 0 Å². The lowest BCUT2D eigenvalue weighted by Crippen LogP contribution is -2.36. The quantitative estimate of drug-likeness (QED) is 0.720. The van der Waals surface area contributed by atoms with Gasteiger partial charge in [0.2, 0.25) is 0 Å². The van der Waals surface area contributed by atoms with Crippen molar-refractivity contribution in [3.63, 3.8) is 0 Å². The van der Waals surface area contributed by atoms with E-state index in [0.717, 1.165) is 30.0 Å². The highest BCUT2D eigenvalue weighted by molar-refractivity contribution is 5.68. The second-order valence-corrected chi connectivity index (χ2v) is 3.94. The van der Waals surface area contributed by atoms with Gasteiger partial charge in [0.05, 0.1) is 24.5 Å². The van der Waals surface area contributed by atoms with E-state index in [2.05, 4.69) is 11.0 Å². The molecule has 2 rings (SSSR count). The van der Waals surface area contributed by atoms with E-state index in [9.17, 15) is 0 Å². The number of hydrogen-bond donors (Lipinski definition) is 1. The standard InChI is InChI=1S/C12H15N3O/c1-9-6-10(8-13)12(7-11(9)14)15-2-4-16-5-3-15/h6-7H,2-5,14H2,1H3. The summed E-state index contributed by atoms with van der Waals surface area (Å²) in [6.45, 7) is 4.96. The molecule has 0 amide bonds. The number of hydrogen-bond acceptors (Lipinski definition) is 4. The smallest absolute Gasteiger partial charge is 0.101 e. The molecule has 0 atom stereocenters. The second kappa shape index (κ2) is 4.42. The van der Waals surface area contributed by atoms with Gasteiger partial charge < -0.3 is 15.4 Å². The molecule has 84 valence electrons. The van der Waals surface area contributed by atoms with Crippen molar-refractivity contribution in [3.05, 3.63) is 23.3 Å². The average molecular weight is 217 g/mol. The van der Waals surface area contributed by atoms with Gasteiger partial charge in [-0.3, -0.25) is 0 Å². The van der Waals surface area contributed by atoms with Crippen LogP contribution in [0.4, 0.5) is 11.4 Å². The molecule has 0 saturated carbocycles. The lowest BCUT2D eigenvalue weighted by molar-refractivity contribution is 0.122. The summed E-state index contributed by atoms with van der Waals surface area (Å²) >= 11 is 0. The zero-order chi connectivity index (χ0) is 11.5. The van der Waals surface area contributed by atoms with Crippen molar-refractivity contribution in [2.45, 2.75) is 6.92 Å². The molecule has 1 saturated heterocycles. The second-order valence-electron chi connectivity index (χ2n) is 3.94. The number of rotatable bonds is 1. The summed E-state index contributed by atoms with van der Waals surface area (Å²) in [5.41, 5.74) is 9.19. The molecule has 1 aliphatic heterocycles. The Balaban J connectivity index is 2.38. The Morgan fingerprint density at radius 3 is 2.69 bits per heavy atom. The average Bonchev–Trinajstić information content (AvgIpc) is 2.33. The summed E-state index contributed by atoms with van der Waals surface area (Å²) in [5, 5.41) is 9.12. The van der Waals surface area contributed by atoms with Crippen molar-refractivity contribution in [1.29, 1.82) is 5.26 Å². The van der Waals surface area contributed by atoms with Gasteiger partial charge >= 0.3 is 0 Å². The molecule has 0 radical (unpaired) electrons. The summed E-state index contributed by atoms with van der Waals surface area (Å²) in [4.78, 5) is 2.15. The molecule has 1 aliphatic rings. The minimum atomic E-state index is 0.689.